The van der Waals surface area contributed by atoms with Crippen LogP contribution in [-0.2, 0) is 9.53 Å². The molecule has 1 unspecified atom stereocenters. The predicted octanol–water partition coefficient (Wildman–Crippen LogP) is 4.41. The first kappa shape index (κ1) is 22.8. The van der Waals surface area contributed by atoms with Crippen LogP contribution in [0.4, 0.5) is 25.0 Å². The molecule has 2 aromatic heterocycles. The van der Waals surface area contributed by atoms with Crippen molar-refractivity contribution in [2.24, 2.45) is 5.92 Å². The Balaban J connectivity index is 1.56. The summed E-state index contributed by atoms with van der Waals surface area (Å²) in [5.41, 5.74) is 1.13. The van der Waals surface area contributed by atoms with E-state index in [2.05, 4.69) is 41.4 Å². The van der Waals surface area contributed by atoms with E-state index in [0.29, 0.717) is 27.7 Å². The van der Waals surface area contributed by atoms with Crippen molar-refractivity contribution in [1.29, 1.82) is 0 Å². The lowest BCUT2D eigenvalue weighted by molar-refractivity contribution is -0.119. The number of aromatic nitrogens is 2. The van der Waals surface area contributed by atoms with Crippen LogP contribution >= 0.6 is 15.9 Å². The molecule has 1 saturated carbocycles. The molecule has 2 fully saturated rings. The number of pyridine rings is 1. The number of ether oxygens (including phenoxy) is 1. The second-order valence-corrected chi connectivity index (χ2v) is 10.2. The van der Waals surface area contributed by atoms with Gasteiger partial charge in [0, 0.05) is 37.9 Å². The van der Waals surface area contributed by atoms with Gasteiger partial charge >= 0.3 is 6.09 Å². The number of carbonyl (C=O) groups is 2. The average Bonchev–Trinajstić information content (AvgIpc) is 3.14. The highest BCUT2D eigenvalue weighted by Crippen LogP contribution is 2.49. The number of hydrogen-bond acceptors (Lipinski definition) is 5. The maximum atomic E-state index is 13.3. The molecule has 1 aliphatic carbocycles. The Labute approximate surface area is 192 Å². The van der Waals surface area contributed by atoms with Gasteiger partial charge < -0.3 is 25.3 Å². The molecule has 2 aliphatic rings. The Kier molecular flexibility index (Phi) is 5.81. The highest BCUT2D eigenvalue weighted by atomic mass is 79.9. The lowest BCUT2D eigenvalue weighted by Crippen LogP contribution is -2.49. The van der Waals surface area contributed by atoms with Crippen molar-refractivity contribution in [3.8, 4) is 0 Å². The summed E-state index contributed by atoms with van der Waals surface area (Å²) in [5, 5.41) is 6.19. The Hall–Kier alpha value is -2.43. The van der Waals surface area contributed by atoms with Crippen LogP contribution in [0.25, 0.3) is 11.0 Å². The minimum atomic E-state index is -2.94. The van der Waals surface area contributed by atoms with Gasteiger partial charge in [0.25, 0.3) is 5.92 Å². The lowest BCUT2D eigenvalue weighted by atomic mass is 10.0. The Morgan fingerprint density at radius 1 is 1.38 bits per heavy atom. The SMILES string of the molecule is CC(C)(C)OC(=O)N[C@@H]1CCCN(c2c(Br)cnc3[nH]cc(NC(=O)C4CC4(F)F)c23)C1. The number of nitrogens with zero attached hydrogens (tertiary/aromatic N) is 2. The number of alkyl carbamates (subject to hydrolysis) is 1. The molecule has 8 nitrogen and oxygen atoms in total. The molecule has 1 aliphatic heterocycles. The van der Waals surface area contributed by atoms with Crippen LogP contribution in [0, 0.1) is 5.92 Å². The van der Waals surface area contributed by atoms with Gasteiger partial charge in [-0.05, 0) is 49.5 Å². The van der Waals surface area contributed by atoms with E-state index in [9.17, 15) is 18.4 Å². The van der Waals surface area contributed by atoms with Crippen molar-refractivity contribution < 1.29 is 23.1 Å². The molecule has 2 aromatic rings. The minimum absolute atomic E-state index is 0.129. The van der Waals surface area contributed by atoms with Crippen molar-refractivity contribution >= 4 is 50.3 Å². The molecule has 0 radical (unpaired) electrons. The Morgan fingerprint density at radius 2 is 2.09 bits per heavy atom. The Morgan fingerprint density at radius 3 is 2.75 bits per heavy atom. The van der Waals surface area contributed by atoms with Crippen LogP contribution in [0.3, 0.4) is 0 Å². The van der Waals surface area contributed by atoms with Gasteiger partial charge in [-0.2, -0.15) is 0 Å². The summed E-state index contributed by atoms with van der Waals surface area (Å²) in [6.45, 7) is 6.68. The highest BCUT2D eigenvalue weighted by Gasteiger charge is 2.61. The smallest absolute Gasteiger partial charge is 0.407 e. The molecule has 2 amide bonds. The zero-order valence-electron chi connectivity index (χ0n) is 18.1. The van der Waals surface area contributed by atoms with Gasteiger partial charge in [-0.3, -0.25) is 4.79 Å². The number of H-pyrrole nitrogens is 1. The van der Waals surface area contributed by atoms with E-state index in [4.69, 9.17) is 4.74 Å². The molecule has 32 heavy (non-hydrogen) atoms. The van der Waals surface area contributed by atoms with Crippen LogP contribution in [0.1, 0.15) is 40.0 Å². The van der Waals surface area contributed by atoms with E-state index in [1.54, 1.807) is 12.4 Å². The molecule has 1 saturated heterocycles. The molecule has 4 rings (SSSR count). The van der Waals surface area contributed by atoms with Gasteiger partial charge in [0.15, 0.2) is 0 Å². The first-order valence-corrected chi connectivity index (χ1v) is 11.3. The summed E-state index contributed by atoms with van der Waals surface area (Å²) >= 11 is 3.55. The Bertz CT molecular complexity index is 1050. The number of nitrogens with one attached hydrogen (secondary N) is 3. The number of alkyl halides is 2. The van der Waals surface area contributed by atoms with Crippen LogP contribution in [0.15, 0.2) is 16.9 Å². The van der Waals surface area contributed by atoms with Crippen LogP contribution < -0.4 is 15.5 Å². The molecule has 3 N–H and O–H groups in total. The molecule has 174 valence electrons. The largest absolute Gasteiger partial charge is 0.444 e. The number of aromatic amines is 1. The van der Waals surface area contributed by atoms with Crippen LogP contribution in [0.2, 0.25) is 0 Å². The molecular weight excluding hydrogens is 488 g/mol. The highest BCUT2D eigenvalue weighted by molar-refractivity contribution is 9.10. The monoisotopic (exact) mass is 513 g/mol. The molecule has 2 atom stereocenters. The molecule has 3 heterocycles. The third kappa shape index (κ3) is 4.82. The van der Waals surface area contributed by atoms with Crippen molar-refractivity contribution in [3.63, 3.8) is 0 Å². The number of fused-ring (bicyclic) bond motifs is 1. The standard InChI is InChI=1S/C21H26BrF2N5O3/c1-20(2,3)32-19(31)27-11-5-4-6-29(10-11)16-13(22)8-25-17-15(16)14(9-26-17)28-18(30)12-7-21(12,23)24/h8-9,11-12H,4-7,10H2,1-3H3,(H,25,26)(H,27,31)(H,28,30)/t11-,12?/m1/s1. The third-order valence-corrected chi connectivity index (χ3v) is 6.07. The van der Waals surface area contributed by atoms with Gasteiger partial charge in [0.1, 0.15) is 17.2 Å². The van der Waals surface area contributed by atoms with E-state index in [1.807, 2.05) is 20.8 Å². The first-order valence-electron chi connectivity index (χ1n) is 10.5. The second kappa shape index (κ2) is 8.17. The summed E-state index contributed by atoms with van der Waals surface area (Å²) in [6, 6.07) is -0.129. The maximum absolute atomic E-state index is 13.3. The predicted molar refractivity (Wildman–Crippen MR) is 120 cm³/mol. The van der Waals surface area contributed by atoms with E-state index >= 15 is 0 Å². The van der Waals surface area contributed by atoms with E-state index < -0.39 is 35.9 Å². The number of halogens is 3. The third-order valence-electron chi connectivity index (χ3n) is 5.49. The summed E-state index contributed by atoms with van der Waals surface area (Å²) in [5.74, 6) is -4.94. The van der Waals surface area contributed by atoms with Crippen LogP contribution in [0.5, 0.6) is 0 Å². The van der Waals surface area contributed by atoms with E-state index in [1.165, 1.54) is 0 Å². The summed E-state index contributed by atoms with van der Waals surface area (Å²) in [7, 11) is 0. The van der Waals surface area contributed by atoms with E-state index in [0.717, 1.165) is 25.1 Å². The number of rotatable bonds is 4. The van der Waals surface area contributed by atoms with Gasteiger partial charge in [-0.15, -0.1) is 0 Å². The summed E-state index contributed by atoms with van der Waals surface area (Å²) in [6.07, 6.45) is 3.95. The van der Waals surface area contributed by atoms with Crippen molar-refractivity contribution in [3.05, 3.63) is 16.9 Å². The van der Waals surface area contributed by atoms with Crippen molar-refractivity contribution in [2.45, 2.75) is 57.6 Å². The fourth-order valence-electron chi connectivity index (χ4n) is 3.95. The molecule has 0 spiro atoms. The van der Waals surface area contributed by atoms with Gasteiger partial charge in [0.2, 0.25) is 5.91 Å². The van der Waals surface area contributed by atoms with E-state index in [-0.39, 0.29) is 6.04 Å². The zero-order valence-corrected chi connectivity index (χ0v) is 19.7. The second-order valence-electron chi connectivity index (χ2n) is 9.32. The zero-order chi connectivity index (χ0) is 23.3. The number of amides is 2. The van der Waals surface area contributed by atoms with Crippen molar-refractivity contribution in [1.82, 2.24) is 15.3 Å². The van der Waals surface area contributed by atoms with Crippen LogP contribution in [-0.4, -0.2) is 52.6 Å². The summed E-state index contributed by atoms with van der Waals surface area (Å²) in [4.78, 5) is 33.9. The molecule has 0 aromatic carbocycles. The number of carbonyl (C=O) groups excluding carboxylic acids is 2. The lowest BCUT2D eigenvalue weighted by Gasteiger charge is -2.36. The average molecular weight is 514 g/mol. The minimum Gasteiger partial charge on any atom is -0.444 e. The van der Waals surface area contributed by atoms with Gasteiger partial charge in [0.05, 0.1) is 21.2 Å². The van der Waals surface area contributed by atoms with Gasteiger partial charge in [-0.1, -0.05) is 0 Å². The molecule has 0 bridgehead atoms. The quantitative estimate of drug-likeness (QED) is 0.562. The fourth-order valence-corrected chi connectivity index (χ4v) is 4.50. The molecular formula is C21H26BrF2N5O3. The summed E-state index contributed by atoms with van der Waals surface area (Å²) < 4.78 is 32.7. The number of anilines is 2. The molecule has 11 heteroatoms. The van der Waals surface area contributed by atoms with Crippen molar-refractivity contribution in [2.75, 3.05) is 23.3 Å². The topological polar surface area (TPSA) is 99.3 Å². The maximum Gasteiger partial charge on any atom is 0.407 e. The fraction of sp³-hybridized carbons (Fsp3) is 0.571. The van der Waals surface area contributed by atoms with Gasteiger partial charge in [-0.25, -0.2) is 18.6 Å². The normalized spacial score (nSPS) is 22.5. The number of piperidine rings is 1. The first-order chi connectivity index (χ1) is 14.9. The number of hydrogen-bond donors (Lipinski definition) is 3.